The van der Waals surface area contributed by atoms with Crippen LogP contribution in [0.5, 0.6) is 0 Å². The van der Waals surface area contributed by atoms with E-state index < -0.39 is 12.0 Å². The molecule has 1 atom stereocenters. The third-order valence-electron chi connectivity index (χ3n) is 3.46. The maximum Gasteiger partial charge on any atom is 0.320 e. The fourth-order valence-electron chi connectivity index (χ4n) is 2.25. The summed E-state index contributed by atoms with van der Waals surface area (Å²) in [5.41, 5.74) is 8.81. The number of ether oxygens (including phenoxy) is 1. The molecule has 1 heterocycles. The normalized spacial score (nSPS) is 17.3. The lowest BCUT2D eigenvalue weighted by molar-refractivity contribution is -0.138. The Kier molecular flexibility index (Phi) is 4.39. The number of carbonyl (C=O) groups is 1. The topological polar surface area (TPSA) is 75.8 Å². The van der Waals surface area contributed by atoms with Crippen molar-refractivity contribution in [1.29, 1.82) is 0 Å². The number of benzene rings is 1. The average molecular weight is 264 g/mol. The van der Waals surface area contributed by atoms with Crippen molar-refractivity contribution in [2.75, 3.05) is 31.2 Å². The second-order valence-electron chi connectivity index (χ2n) is 4.86. The molecule has 0 amide bonds. The van der Waals surface area contributed by atoms with Crippen LogP contribution in [0.4, 0.5) is 5.69 Å². The summed E-state index contributed by atoms with van der Waals surface area (Å²) in [5.74, 6) is -0.961. The smallest absolute Gasteiger partial charge is 0.320 e. The van der Waals surface area contributed by atoms with Gasteiger partial charge in [-0.1, -0.05) is 6.07 Å². The van der Waals surface area contributed by atoms with Gasteiger partial charge < -0.3 is 20.5 Å². The number of aryl methyl sites for hydroxylation is 1. The lowest BCUT2D eigenvalue weighted by Gasteiger charge is -2.29. The van der Waals surface area contributed by atoms with E-state index in [-0.39, 0.29) is 0 Å². The zero-order valence-corrected chi connectivity index (χ0v) is 11.1. The number of morpholine rings is 1. The summed E-state index contributed by atoms with van der Waals surface area (Å²) < 4.78 is 5.33. The van der Waals surface area contributed by atoms with Gasteiger partial charge in [0.1, 0.15) is 6.04 Å². The van der Waals surface area contributed by atoms with Crippen molar-refractivity contribution in [3.8, 4) is 0 Å². The zero-order valence-electron chi connectivity index (χ0n) is 11.1. The van der Waals surface area contributed by atoms with Crippen molar-refractivity contribution in [3.63, 3.8) is 0 Å². The predicted molar refractivity (Wildman–Crippen MR) is 73.5 cm³/mol. The van der Waals surface area contributed by atoms with E-state index in [1.54, 1.807) is 0 Å². The summed E-state index contributed by atoms with van der Waals surface area (Å²) in [5, 5.41) is 8.85. The van der Waals surface area contributed by atoms with Gasteiger partial charge in [-0.25, -0.2) is 0 Å². The SMILES string of the molecule is Cc1cc(N2CCOCC2)ccc1CC(N)C(=O)O. The van der Waals surface area contributed by atoms with Crippen molar-refractivity contribution in [1.82, 2.24) is 0 Å². The average Bonchev–Trinajstić information content (AvgIpc) is 2.41. The lowest BCUT2D eigenvalue weighted by atomic mass is 10.0. The van der Waals surface area contributed by atoms with E-state index in [9.17, 15) is 4.79 Å². The van der Waals surface area contributed by atoms with E-state index in [1.807, 2.05) is 19.1 Å². The monoisotopic (exact) mass is 264 g/mol. The number of nitrogens with zero attached hydrogens (tertiary/aromatic N) is 1. The number of hydrogen-bond acceptors (Lipinski definition) is 4. The van der Waals surface area contributed by atoms with Crippen LogP contribution < -0.4 is 10.6 Å². The molecular formula is C14H20N2O3. The molecule has 19 heavy (non-hydrogen) atoms. The fourth-order valence-corrected chi connectivity index (χ4v) is 2.25. The third kappa shape index (κ3) is 3.45. The van der Waals surface area contributed by atoms with Gasteiger partial charge in [-0.15, -0.1) is 0 Å². The van der Waals surface area contributed by atoms with Crippen LogP contribution in [0, 0.1) is 6.92 Å². The van der Waals surface area contributed by atoms with Crippen molar-refractivity contribution >= 4 is 11.7 Å². The number of aliphatic carboxylic acids is 1. The molecule has 1 aromatic carbocycles. The third-order valence-corrected chi connectivity index (χ3v) is 3.46. The number of nitrogens with two attached hydrogens (primary N) is 1. The molecule has 1 aliphatic heterocycles. The first kappa shape index (κ1) is 13.8. The van der Waals surface area contributed by atoms with Crippen LogP contribution in [0.3, 0.4) is 0 Å². The van der Waals surface area contributed by atoms with E-state index in [0.717, 1.165) is 43.1 Å². The maximum absolute atomic E-state index is 10.8. The number of hydrogen-bond donors (Lipinski definition) is 2. The highest BCUT2D eigenvalue weighted by molar-refractivity contribution is 5.73. The molecule has 1 fully saturated rings. The molecule has 3 N–H and O–H groups in total. The Morgan fingerprint density at radius 3 is 2.74 bits per heavy atom. The summed E-state index contributed by atoms with van der Waals surface area (Å²) in [4.78, 5) is 13.1. The Hall–Kier alpha value is -1.59. The highest BCUT2D eigenvalue weighted by Crippen LogP contribution is 2.21. The van der Waals surface area contributed by atoms with Gasteiger partial charge in [0.15, 0.2) is 0 Å². The molecule has 5 nitrogen and oxygen atoms in total. The van der Waals surface area contributed by atoms with E-state index in [4.69, 9.17) is 15.6 Å². The molecule has 0 aromatic heterocycles. The Labute approximate surface area is 113 Å². The van der Waals surface area contributed by atoms with Crippen molar-refractivity contribution in [3.05, 3.63) is 29.3 Å². The fraction of sp³-hybridized carbons (Fsp3) is 0.500. The van der Waals surface area contributed by atoms with E-state index >= 15 is 0 Å². The Bertz CT molecular complexity index is 456. The minimum atomic E-state index is -0.961. The molecule has 1 aromatic rings. The molecule has 1 unspecified atom stereocenters. The number of carboxylic acids is 1. The quantitative estimate of drug-likeness (QED) is 0.840. The molecule has 1 aliphatic rings. The molecule has 104 valence electrons. The minimum absolute atomic E-state index is 0.366. The second-order valence-corrected chi connectivity index (χ2v) is 4.86. The molecule has 0 bridgehead atoms. The van der Waals surface area contributed by atoms with Gasteiger partial charge in [0, 0.05) is 18.8 Å². The molecule has 5 heteroatoms. The summed E-state index contributed by atoms with van der Waals surface area (Å²) in [7, 11) is 0. The number of carboxylic acid groups (broad SMARTS) is 1. The van der Waals surface area contributed by atoms with Gasteiger partial charge in [-0.05, 0) is 36.6 Å². The number of anilines is 1. The molecule has 1 saturated heterocycles. The first-order valence-corrected chi connectivity index (χ1v) is 6.48. The largest absolute Gasteiger partial charge is 0.480 e. The Morgan fingerprint density at radius 2 is 2.16 bits per heavy atom. The van der Waals surface area contributed by atoms with Crippen LogP contribution in [0.25, 0.3) is 0 Å². The second kappa shape index (κ2) is 6.04. The molecule has 0 radical (unpaired) electrons. The predicted octanol–water partition coefficient (Wildman–Crippen LogP) is 0.786. The summed E-state index contributed by atoms with van der Waals surface area (Å²) in [6.45, 7) is 5.30. The summed E-state index contributed by atoms with van der Waals surface area (Å²) in [6, 6.07) is 5.26. The van der Waals surface area contributed by atoms with Crippen LogP contribution in [-0.4, -0.2) is 43.4 Å². The molecular weight excluding hydrogens is 244 g/mol. The van der Waals surface area contributed by atoms with Crippen LogP contribution in [-0.2, 0) is 16.0 Å². The van der Waals surface area contributed by atoms with Crippen LogP contribution in [0.1, 0.15) is 11.1 Å². The molecule has 2 rings (SSSR count). The van der Waals surface area contributed by atoms with E-state index in [0.29, 0.717) is 6.42 Å². The zero-order chi connectivity index (χ0) is 13.8. The molecule has 0 saturated carbocycles. The van der Waals surface area contributed by atoms with Gasteiger partial charge in [-0.3, -0.25) is 4.79 Å². The molecule has 0 spiro atoms. The standard InChI is InChI=1S/C14H20N2O3/c1-10-8-12(16-4-6-19-7-5-16)3-2-11(10)9-13(15)14(17)18/h2-3,8,13H,4-7,9,15H2,1H3,(H,17,18). The minimum Gasteiger partial charge on any atom is -0.480 e. The van der Waals surface area contributed by atoms with Gasteiger partial charge in [0.2, 0.25) is 0 Å². The van der Waals surface area contributed by atoms with Gasteiger partial charge in [0.05, 0.1) is 13.2 Å². The van der Waals surface area contributed by atoms with Gasteiger partial charge in [-0.2, -0.15) is 0 Å². The Balaban J connectivity index is 2.10. The first-order chi connectivity index (χ1) is 9.08. The number of rotatable bonds is 4. The summed E-state index contributed by atoms with van der Waals surface area (Å²) >= 11 is 0. The first-order valence-electron chi connectivity index (χ1n) is 6.48. The summed E-state index contributed by atoms with van der Waals surface area (Å²) in [6.07, 6.45) is 0.366. The highest BCUT2D eigenvalue weighted by atomic mass is 16.5. The lowest BCUT2D eigenvalue weighted by Crippen LogP contribution is -2.36. The van der Waals surface area contributed by atoms with E-state index in [2.05, 4.69) is 11.0 Å². The van der Waals surface area contributed by atoms with E-state index in [1.165, 1.54) is 0 Å². The highest BCUT2D eigenvalue weighted by Gasteiger charge is 2.15. The van der Waals surface area contributed by atoms with Gasteiger partial charge in [0.25, 0.3) is 0 Å². The van der Waals surface area contributed by atoms with Crippen molar-refractivity contribution in [2.45, 2.75) is 19.4 Å². The Morgan fingerprint density at radius 1 is 1.47 bits per heavy atom. The van der Waals surface area contributed by atoms with Crippen LogP contribution >= 0.6 is 0 Å². The van der Waals surface area contributed by atoms with Crippen LogP contribution in [0.2, 0.25) is 0 Å². The molecule has 0 aliphatic carbocycles. The van der Waals surface area contributed by atoms with Crippen molar-refractivity contribution in [2.24, 2.45) is 5.73 Å². The maximum atomic E-state index is 10.8. The van der Waals surface area contributed by atoms with Gasteiger partial charge >= 0.3 is 5.97 Å². The van der Waals surface area contributed by atoms with Crippen LogP contribution in [0.15, 0.2) is 18.2 Å². The van der Waals surface area contributed by atoms with Crippen molar-refractivity contribution < 1.29 is 14.6 Å².